The number of hydrogen-bond donors (Lipinski definition) is 2. The monoisotopic (exact) mass is 507 g/mol. The molecule has 0 aromatic heterocycles. The Labute approximate surface area is 211 Å². The molecule has 0 atom stereocenters. The lowest BCUT2D eigenvalue weighted by Crippen LogP contribution is -2.32. The van der Waals surface area contributed by atoms with Crippen LogP contribution in [0.2, 0.25) is 0 Å². The number of benzene rings is 3. The van der Waals surface area contributed by atoms with Gasteiger partial charge in [0.05, 0.1) is 23.3 Å². The number of para-hydroxylation sites is 1. The summed E-state index contributed by atoms with van der Waals surface area (Å²) in [5.41, 5.74) is 1.36. The highest BCUT2D eigenvalue weighted by atomic mass is 32.2. The Kier molecular flexibility index (Phi) is 8.02. The fourth-order valence-electron chi connectivity index (χ4n) is 4.09. The fraction of sp³-hybridized carbons (Fsp3) is 0.259. The van der Waals surface area contributed by atoms with Crippen LogP contribution >= 0.6 is 0 Å². The third-order valence-electron chi connectivity index (χ3n) is 6.07. The van der Waals surface area contributed by atoms with E-state index in [2.05, 4.69) is 10.6 Å². The maximum atomic E-state index is 13.2. The average Bonchev–Trinajstić information content (AvgIpc) is 3.20. The minimum Gasteiger partial charge on any atom is -0.497 e. The summed E-state index contributed by atoms with van der Waals surface area (Å²) in [5, 5.41) is 5.55. The molecule has 9 heteroatoms. The average molecular weight is 508 g/mol. The molecule has 1 fully saturated rings. The van der Waals surface area contributed by atoms with Gasteiger partial charge in [0, 0.05) is 24.3 Å². The molecule has 8 nitrogen and oxygen atoms in total. The van der Waals surface area contributed by atoms with E-state index in [-0.39, 0.29) is 16.0 Å². The molecular formula is C27H29N3O5S. The summed E-state index contributed by atoms with van der Waals surface area (Å²) in [6.07, 6.45) is 3.68. The van der Waals surface area contributed by atoms with Crippen LogP contribution in [0, 0.1) is 0 Å². The van der Waals surface area contributed by atoms with Crippen LogP contribution in [0.4, 0.5) is 11.4 Å². The van der Waals surface area contributed by atoms with Gasteiger partial charge in [-0.25, -0.2) is 8.42 Å². The number of anilines is 2. The Morgan fingerprint density at radius 1 is 0.806 bits per heavy atom. The van der Waals surface area contributed by atoms with Gasteiger partial charge in [-0.2, -0.15) is 4.31 Å². The van der Waals surface area contributed by atoms with Gasteiger partial charge in [0.25, 0.3) is 11.8 Å². The highest BCUT2D eigenvalue weighted by molar-refractivity contribution is 7.89. The highest BCUT2D eigenvalue weighted by Gasteiger charge is 2.26. The molecule has 0 radical (unpaired) electrons. The van der Waals surface area contributed by atoms with Crippen LogP contribution in [-0.4, -0.2) is 44.7 Å². The number of amides is 2. The molecule has 36 heavy (non-hydrogen) atoms. The van der Waals surface area contributed by atoms with E-state index in [1.54, 1.807) is 67.8 Å². The lowest BCUT2D eigenvalue weighted by atomic mass is 10.1. The van der Waals surface area contributed by atoms with Crippen molar-refractivity contribution in [2.75, 3.05) is 30.8 Å². The molecule has 3 aromatic rings. The number of nitrogens with one attached hydrogen (secondary N) is 2. The summed E-state index contributed by atoms with van der Waals surface area (Å²) in [5.74, 6) is -0.234. The smallest absolute Gasteiger partial charge is 0.257 e. The van der Waals surface area contributed by atoms with Gasteiger partial charge in [-0.05, 0) is 67.4 Å². The van der Waals surface area contributed by atoms with Gasteiger partial charge in [0.1, 0.15) is 5.75 Å². The molecule has 2 N–H and O–H groups in total. The topological polar surface area (TPSA) is 105 Å². The first-order valence-corrected chi connectivity index (χ1v) is 13.3. The summed E-state index contributed by atoms with van der Waals surface area (Å²) < 4.78 is 33.0. The number of carbonyl (C=O) groups excluding carboxylic acids is 2. The van der Waals surface area contributed by atoms with E-state index in [9.17, 15) is 18.0 Å². The van der Waals surface area contributed by atoms with E-state index >= 15 is 0 Å². The van der Waals surface area contributed by atoms with Crippen molar-refractivity contribution in [2.45, 2.75) is 30.6 Å². The van der Waals surface area contributed by atoms with Crippen LogP contribution in [0.5, 0.6) is 5.75 Å². The Balaban J connectivity index is 1.51. The first-order valence-electron chi connectivity index (χ1n) is 11.8. The summed E-state index contributed by atoms with van der Waals surface area (Å²) in [7, 11) is -2.13. The number of rotatable bonds is 7. The molecule has 1 aliphatic heterocycles. The van der Waals surface area contributed by atoms with Crippen molar-refractivity contribution >= 4 is 33.2 Å². The second-order valence-electron chi connectivity index (χ2n) is 8.53. The van der Waals surface area contributed by atoms with Crippen molar-refractivity contribution < 1.29 is 22.7 Å². The molecule has 1 heterocycles. The number of sulfonamides is 1. The van der Waals surface area contributed by atoms with Crippen LogP contribution in [0.1, 0.15) is 46.4 Å². The van der Waals surface area contributed by atoms with Gasteiger partial charge in [-0.15, -0.1) is 0 Å². The van der Waals surface area contributed by atoms with Gasteiger partial charge in [0.15, 0.2) is 0 Å². The Morgan fingerprint density at radius 3 is 2.19 bits per heavy atom. The first kappa shape index (κ1) is 25.4. The van der Waals surface area contributed by atoms with Gasteiger partial charge in [0.2, 0.25) is 10.0 Å². The SMILES string of the molecule is COc1ccc(NC(=O)c2ccccc2NC(=O)c2cccc(S(=O)(=O)N3CCCCCC3)c2)cc1. The van der Waals surface area contributed by atoms with Crippen molar-refractivity contribution in [3.05, 3.63) is 83.9 Å². The van der Waals surface area contributed by atoms with Crippen molar-refractivity contribution in [3.8, 4) is 5.75 Å². The molecule has 1 aliphatic rings. The second-order valence-corrected chi connectivity index (χ2v) is 10.5. The summed E-state index contributed by atoms with van der Waals surface area (Å²) in [6, 6.07) is 19.5. The predicted molar refractivity (Wildman–Crippen MR) is 139 cm³/mol. The first-order chi connectivity index (χ1) is 17.4. The van der Waals surface area contributed by atoms with Crippen molar-refractivity contribution in [1.82, 2.24) is 4.31 Å². The van der Waals surface area contributed by atoms with E-state index in [1.165, 1.54) is 16.4 Å². The molecule has 0 unspecified atom stereocenters. The molecule has 0 saturated carbocycles. The lowest BCUT2D eigenvalue weighted by molar-refractivity contribution is 0.102. The van der Waals surface area contributed by atoms with Gasteiger partial charge < -0.3 is 15.4 Å². The molecule has 188 valence electrons. The van der Waals surface area contributed by atoms with Crippen molar-refractivity contribution in [2.24, 2.45) is 0 Å². The van der Waals surface area contributed by atoms with E-state index in [1.807, 2.05) is 0 Å². The van der Waals surface area contributed by atoms with E-state index in [0.29, 0.717) is 30.2 Å². The standard InChI is InChI=1S/C27H29N3O5S/c1-35-22-15-13-21(14-16-22)28-27(32)24-11-4-5-12-25(24)29-26(31)20-9-8-10-23(19-20)36(33,34)30-17-6-2-3-7-18-30/h4-5,8-16,19H,2-3,6-7,17-18H2,1H3,(H,28,32)(H,29,31). The summed E-state index contributed by atoms with van der Waals surface area (Å²) in [6.45, 7) is 0.963. The summed E-state index contributed by atoms with van der Waals surface area (Å²) in [4.78, 5) is 26.1. The summed E-state index contributed by atoms with van der Waals surface area (Å²) >= 11 is 0. The highest BCUT2D eigenvalue weighted by Crippen LogP contribution is 2.23. The molecule has 0 aliphatic carbocycles. The third kappa shape index (κ3) is 5.92. The molecule has 1 saturated heterocycles. The Morgan fingerprint density at radius 2 is 1.50 bits per heavy atom. The normalized spacial score (nSPS) is 14.5. The minimum absolute atomic E-state index is 0.0857. The van der Waals surface area contributed by atoms with Gasteiger partial charge in [-0.1, -0.05) is 31.0 Å². The maximum absolute atomic E-state index is 13.2. The van der Waals surface area contributed by atoms with Gasteiger partial charge >= 0.3 is 0 Å². The van der Waals surface area contributed by atoms with Crippen LogP contribution in [0.3, 0.4) is 0 Å². The second kappa shape index (κ2) is 11.4. The number of methoxy groups -OCH3 is 1. The lowest BCUT2D eigenvalue weighted by Gasteiger charge is -2.20. The molecule has 3 aromatic carbocycles. The van der Waals surface area contributed by atoms with E-state index in [4.69, 9.17) is 4.74 Å². The zero-order valence-electron chi connectivity index (χ0n) is 20.1. The zero-order chi connectivity index (χ0) is 25.5. The maximum Gasteiger partial charge on any atom is 0.257 e. The quantitative estimate of drug-likeness (QED) is 0.480. The van der Waals surface area contributed by atoms with Crippen LogP contribution in [0.25, 0.3) is 0 Å². The van der Waals surface area contributed by atoms with Crippen LogP contribution in [-0.2, 0) is 10.0 Å². The molecule has 2 amide bonds. The van der Waals surface area contributed by atoms with Gasteiger partial charge in [-0.3, -0.25) is 9.59 Å². The Hall–Kier alpha value is -3.69. The number of ether oxygens (including phenoxy) is 1. The molecular weight excluding hydrogens is 478 g/mol. The third-order valence-corrected chi connectivity index (χ3v) is 7.96. The van der Waals surface area contributed by atoms with Crippen molar-refractivity contribution in [1.29, 1.82) is 0 Å². The number of carbonyl (C=O) groups is 2. The van der Waals surface area contributed by atoms with Crippen LogP contribution < -0.4 is 15.4 Å². The zero-order valence-corrected chi connectivity index (χ0v) is 20.9. The van der Waals surface area contributed by atoms with Crippen LogP contribution in [0.15, 0.2) is 77.7 Å². The number of hydrogen-bond acceptors (Lipinski definition) is 5. The number of nitrogens with zero attached hydrogens (tertiary/aromatic N) is 1. The van der Waals surface area contributed by atoms with E-state index in [0.717, 1.165) is 25.7 Å². The fourth-order valence-corrected chi connectivity index (χ4v) is 5.65. The largest absolute Gasteiger partial charge is 0.497 e. The van der Waals surface area contributed by atoms with Crippen molar-refractivity contribution in [3.63, 3.8) is 0 Å². The minimum atomic E-state index is -3.70. The predicted octanol–water partition coefficient (Wildman–Crippen LogP) is 4.76. The molecule has 0 spiro atoms. The van der Waals surface area contributed by atoms with E-state index < -0.39 is 21.8 Å². The molecule has 0 bridgehead atoms. The Bertz CT molecular complexity index is 1330. The molecule has 4 rings (SSSR count).